The molecule has 0 saturated carbocycles. The van der Waals surface area contributed by atoms with Crippen molar-refractivity contribution >= 4 is 5.69 Å². The lowest BCUT2D eigenvalue weighted by Crippen LogP contribution is -2.21. The molecule has 3 rings (SSSR count). The second-order valence-electron chi connectivity index (χ2n) is 5.78. The summed E-state index contributed by atoms with van der Waals surface area (Å²) in [5.41, 5.74) is 5.79. The zero-order chi connectivity index (χ0) is 13.8. The van der Waals surface area contributed by atoms with Crippen LogP contribution >= 0.6 is 0 Å². The first kappa shape index (κ1) is 13.2. The minimum Gasteiger partial charge on any atom is -0.382 e. The lowest BCUT2D eigenvalue weighted by Gasteiger charge is -2.19. The van der Waals surface area contributed by atoms with Crippen LogP contribution in [-0.2, 0) is 19.3 Å². The molecule has 1 heteroatoms. The van der Waals surface area contributed by atoms with Crippen molar-refractivity contribution in [2.45, 2.75) is 45.1 Å². The molecule has 0 radical (unpaired) electrons. The van der Waals surface area contributed by atoms with Crippen LogP contribution in [0.5, 0.6) is 0 Å². The summed E-state index contributed by atoms with van der Waals surface area (Å²) in [4.78, 5) is 0. The quantitative estimate of drug-likeness (QED) is 0.832. The summed E-state index contributed by atoms with van der Waals surface area (Å²) >= 11 is 0. The van der Waals surface area contributed by atoms with Gasteiger partial charge in [-0.2, -0.15) is 0 Å². The first-order valence-corrected chi connectivity index (χ1v) is 7.77. The third-order valence-corrected chi connectivity index (χ3v) is 4.29. The number of benzene rings is 2. The fraction of sp³-hybridized carbons (Fsp3) is 0.368. The van der Waals surface area contributed by atoms with Crippen LogP contribution in [0.1, 0.15) is 36.5 Å². The molecule has 20 heavy (non-hydrogen) atoms. The zero-order valence-corrected chi connectivity index (χ0v) is 12.2. The van der Waals surface area contributed by atoms with E-state index in [1.165, 1.54) is 30.5 Å². The molecule has 104 valence electrons. The van der Waals surface area contributed by atoms with Crippen LogP contribution < -0.4 is 5.32 Å². The van der Waals surface area contributed by atoms with Crippen molar-refractivity contribution in [2.24, 2.45) is 0 Å². The molecule has 0 aliphatic heterocycles. The first-order chi connectivity index (χ1) is 9.85. The lowest BCUT2D eigenvalue weighted by atomic mass is 10.0. The van der Waals surface area contributed by atoms with Gasteiger partial charge in [-0.3, -0.25) is 0 Å². The highest BCUT2D eigenvalue weighted by Crippen LogP contribution is 2.25. The van der Waals surface area contributed by atoms with Gasteiger partial charge in [-0.1, -0.05) is 43.3 Å². The second kappa shape index (κ2) is 6.13. The van der Waals surface area contributed by atoms with Crippen LogP contribution in [0.25, 0.3) is 0 Å². The molecule has 1 atom stereocenters. The molecule has 0 aromatic heterocycles. The van der Waals surface area contributed by atoms with Gasteiger partial charge in [-0.15, -0.1) is 0 Å². The highest BCUT2D eigenvalue weighted by atomic mass is 14.9. The average molecular weight is 265 g/mol. The van der Waals surface area contributed by atoms with Crippen LogP contribution in [0.2, 0.25) is 0 Å². The number of nitrogens with one attached hydrogen (secondary N) is 1. The number of anilines is 1. The van der Waals surface area contributed by atoms with Gasteiger partial charge in [0.1, 0.15) is 0 Å². The summed E-state index contributed by atoms with van der Waals surface area (Å²) in [5, 5.41) is 3.71. The third-order valence-electron chi connectivity index (χ3n) is 4.29. The van der Waals surface area contributed by atoms with Gasteiger partial charge in [0.25, 0.3) is 0 Å². The third kappa shape index (κ3) is 3.04. The van der Waals surface area contributed by atoms with Gasteiger partial charge in [-0.25, -0.2) is 0 Å². The van der Waals surface area contributed by atoms with E-state index in [0.717, 1.165) is 12.8 Å². The molecule has 1 unspecified atom stereocenters. The number of rotatable bonds is 5. The first-order valence-electron chi connectivity index (χ1n) is 7.77. The van der Waals surface area contributed by atoms with E-state index in [0.29, 0.717) is 6.04 Å². The largest absolute Gasteiger partial charge is 0.382 e. The Kier molecular flexibility index (Phi) is 4.05. The Morgan fingerprint density at radius 2 is 1.80 bits per heavy atom. The van der Waals surface area contributed by atoms with E-state index in [2.05, 4.69) is 60.8 Å². The molecule has 0 fully saturated rings. The van der Waals surface area contributed by atoms with Gasteiger partial charge in [0.15, 0.2) is 0 Å². The van der Waals surface area contributed by atoms with Crippen molar-refractivity contribution in [1.82, 2.24) is 0 Å². The molecule has 0 saturated heterocycles. The van der Waals surface area contributed by atoms with Gasteiger partial charge < -0.3 is 5.32 Å². The molecule has 0 amide bonds. The van der Waals surface area contributed by atoms with Gasteiger partial charge in [-0.05, 0) is 60.9 Å². The molecule has 2 aromatic rings. The fourth-order valence-corrected chi connectivity index (χ4v) is 3.09. The van der Waals surface area contributed by atoms with Crippen LogP contribution in [0.4, 0.5) is 5.69 Å². The van der Waals surface area contributed by atoms with E-state index in [9.17, 15) is 0 Å². The van der Waals surface area contributed by atoms with Crippen molar-refractivity contribution in [3.63, 3.8) is 0 Å². The van der Waals surface area contributed by atoms with Crippen LogP contribution in [0.15, 0.2) is 48.5 Å². The summed E-state index contributed by atoms with van der Waals surface area (Å²) in [6.07, 6.45) is 6.07. The number of hydrogen-bond donors (Lipinski definition) is 1. The van der Waals surface area contributed by atoms with Crippen molar-refractivity contribution in [2.75, 3.05) is 5.32 Å². The Morgan fingerprint density at radius 3 is 2.60 bits per heavy atom. The minimum atomic E-state index is 0.511. The molecular weight excluding hydrogens is 242 g/mol. The minimum absolute atomic E-state index is 0.511. The Balaban J connectivity index is 1.68. The molecule has 1 aliphatic carbocycles. The molecule has 0 bridgehead atoms. The summed E-state index contributed by atoms with van der Waals surface area (Å²) < 4.78 is 0. The van der Waals surface area contributed by atoms with Crippen LogP contribution in [0, 0.1) is 0 Å². The molecule has 0 heterocycles. The predicted octanol–water partition coefficient (Wildman–Crippen LogP) is 4.61. The highest BCUT2D eigenvalue weighted by molar-refractivity contribution is 5.50. The summed E-state index contributed by atoms with van der Waals surface area (Å²) in [6.45, 7) is 2.26. The Bertz CT molecular complexity index is 559. The topological polar surface area (TPSA) is 12.0 Å². The normalized spacial score (nSPS) is 14.8. The molecule has 1 aliphatic rings. The van der Waals surface area contributed by atoms with Crippen molar-refractivity contribution < 1.29 is 0 Å². The monoisotopic (exact) mass is 265 g/mol. The maximum Gasteiger partial charge on any atom is 0.0345 e. The van der Waals surface area contributed by atoms with Crippen LogP contribution in [-0.4, -0.2) is 6.04 Å². The maximum atomic E-state index is 3.71. The second-order valence-corrected chi connectivity index (χ2v) is 5.78. The summed E-state index contributed by atoms with van der Waals surface area (Å²) in [5.74, 6) is 0. The molecule has 1 nitrogen and oxygen atoms in total. The number of fused-ring (bicyclic) bond motifs is 1. The van der Waals surface area contributed by atoms with E-state index < -0.39 is 0 Å². The molecule has 1 N–H and O–H groups in total. The van der Waals surface area contributed by atoms with E-state index in [1.807, 2.05) is 0 Å². The van der Waals surface area contributed by atoms with Crippen molar-refractivity contribution in [1.29, 1.82) is 0 Å². The van der Waals surface area contributed by atoms with E-state index in [4.69, 9.17) is 0 Å². The Hall–Kier alpha value is -1.76. The van der Waals surface area contributed by atoms with Gasteiger partial charge in [0, 0.05) is 11.7 Å². The van der Waals surface area contributed by atoms with E-state index in [-0.39, 0.29) is 0 Å². The molecule has 2 aromatic carbocycles. The lowest BCUT2D eigenvalue weighted by molar-refractivity contribution is 0.690. The smallest absolute Gasteiger partial charge is 0.0345 e. The predicted molar refractivity (Wildman–Crippen MR) is 86.3 cm³/mol. The van der Waals surface area contributed by atoms with E-state index in [1.54, 1.807) is 11.1 Å². The summed E-state index contributed by atoms with van der Waals surface area (Å²) in [6, 6.07) is 18.2. The average Bonchev–Trinajstić information content (AvgIpc) is 2.95. The fourth-order valence-electron chi connectivity index (χ4n) is 3.09. The Morgan fingerprint density at radius 1 is 1.00 bits per heavy atom. The zero-order valence-electron chi connectivity index (χ0n) is 12.2. The van der Waals surface area contributed by atoms with Gasteiger partial charge in [0.2, 0.25) is 0 Å². The molecule has 0 spiro atoms. The standard InChI is InChI=1S/C19H23N/c1-2-18(13-15-7-4-3-5-8-15)20-19-12-11-16-9-6-10-17(16)14-19/h3-5,7-8,11-12,14,18,20H,2,6,9-10,13H2,1H3. The SMILES string of the molecule is CCC(Cc1ccccc1)Nc1ccc2c(c1)CCC2. The highest BCUT2D eigenvalue weighted by Gasteiger charge is 2.12. The number of aryl methyl sites for hydroxylation is 2. The van der Waals surface area contributed by atoms with Crippen molar-refractivity contribution in [3.8, 4) is 0 Å². The molecular formula is C19H23N. The maximum absolute atomic E-state index is 3.71. The van der Waals surface area contributed by atoms with Crippen molar-refractivity contribution in [3.05, 3.63) is 65.2 Å². The van der Waals surface area contributed by atoms with E-state index >= 15 is 0 Å². The number of hydrogen-bond acceptors (Lipinski definition) is 1. The van der Waals surface area contributed by atoms with Gasteiger partial charge >= 0.3 is 0 Å². The van der Waals surface area contributed by atoms with Crippen LogP contribution in [0.3, 0.4) is 0 Å². The van der Waals surface area contributed by atoms with Gasteiger partial charge in [0.05, 0.1) is 0 Å². The Labute approximate surface area is 122 Å². The summed E-state index contributed by atoms with van der Waals surface area (Å²) in [7, 11) is 0.